The summed E-state index contributed by atoms with van der Waals surface area (Å²) in [6.45, 7) is 2.38. The summed E-state index contributed by atoms with van der Waals surface area (Å²) in [7, 11) is 0. The first-order valence-corrected chi connectivity index (χ1v) is 14.8. The van der Waals surface area contributed by atoms with Gasteiger partial charge in [-0.2, -0.15) is 0 Å². The van der Waals surface area contributed by atoms with Crippen LogP contribution in [0.3, 0.4) is 0 Å². The van der Waals surface area contributed by atoms with Crippen molar-refractivity contribution in [3.05, 3.63) is 130 Å². The molecule has 0 saturated heterocycles. The van der Waals surface area contributed by atoms with Gasteiger partial charge in [0, 0.05) is 17.6 Å². The van der Waals surface area contributed by atoms with E-state index in [-0.39, 0.29) is 19.3 Å². The summed E-state index contributed by atoms with van der Waals surface area (Å²) < 4.78 is 23.1. The van der Waals surface area contributed by atoms with Crippen molar-refractivity contribution in [1.29, 1.82) is 0 Å². The lowest BCUT2D eigenvalue weighted by atomic mass is 10.0. The Morgan fingerprint density at radius 3 is 1.95 bits per heavy atom. The molecular formula is C35H34ClNO7. The van der Waals surface area contributed by atoms with E-state index in [4.69, 9.17) is 30.5 Å². The number of hydrogen-bond acceptors (Lipinski definition) is 8. The number of carbonyl (C=O) groups is 2. The predicted octanol–water partition coefficient (Wildman–Crippen LogP) is 5.59. The minimum absolute atomic E-state index is 0.00117. The Bertz CT molecular complexity index is 1550. The molecule has 5 rings (SSSR count). The molecule has 0 spiro atoms. The molecule has 0 fully saturated rings. The van der Waals surface area contributed by atoms with E-state index < -0.39 is 30.3 Å². The topological polar surface area (TPSA) is 103 Å². The Morgan fingerprint density at radius 2 is 1.36 bits per heavy atom. The second-order valence-corrected chi connectivity index (χ2v) is 11.1. The number of rotatable bonds is 12. The molecule has 228 valence electrons. The molecule has 0 amide bonds. The van der Waals surface area contributed by atoms with Gasteiger partial charge >= 0.3 is 11.9 Å². The molecule has 4 aromatic carbocycles. The van der Waals surface area contributed by atoms with Crippen molar-refractivity contribution in [3.63, 3.8) is 0 Å². The van der Waals surface area contributed by atoms with Gasteiger partial charge in [0.15, 0.2) is 11.5 Å². The fourth-order valence-electron chi connectivity index (χ4n) is 4.80. The fourth-order valence-corrected chi connectivity index (χ4v) is 5.00. The van der Waals surface area contributed by atoms with Crippen LogP contribution in [0.4, 0.5) is 0 Å². The molecule has 0 aliphatic carbocycles. The number of ether oxygens (including phenoxy) is 4. The first-order valence-electron chi connectivity index (χ1n) is 14.4. The Morgan fingerprint density at radius 1 is 0.773 bits per heavy atom. The third kappa shape index (κ3) is 8.38. The Kier molecular flexibility index (Phi) is 10.5. The van der Waals surface area contributed by atoms with Crippen LogP contribution in [0.1, 0.15) is 35.3 Å². The second-order valence-electron chi connectivity index (χ2n) is 10.6. The first kappa shape index (κ1) is 31.1. The van der Waals surface area contributed by atoms with E-state index in [1.165, 1.54) is 0 Å². The number of hydrogen-bond donors (Lipinski definition) is 2. The van der Waals surface area contributed by atoms with Crippen LogP contribution in [-0.4, -0.2) is 41.8 Å². The predicted molar refractivity (Wildman–Crippen MR) is 165 cm³/mol. The summed E-state index contributed by atoms with van der Waals surface area (Å²) in [5.74, 6) is -0.833. The van der Waals surface area contributed by atoms with Crippen molar-refractivity contribution in [2.24, 2.45) is 0 Å². The summed E-state index contributed by atoms with van der Waals surface area (Å²) in [5, 5.41) is 14.5. The Hall–Kier alpha value is -4.37. The maximum atomic E-state index is 13.2. The minimum Gasteiger partial charge on any atom is -0.470 e. The van der Waals surface area contributed by atoms with E-state index in [1.54, 1.807) is 30.3 Å². The Balaban J connectivity index is 1.25. The molecule has 0 saturated carbocycles. The molecule has 1 aliphatic rings. The molecule has 44 heavy (non-hydrogen) atoms. The molecule has 1 heterocycles. The molecule has 4 atom stereocenters. The zero-order valence-electron chi connectivity index (χ0n) is 24.2. The van der Waals surface area contributed by atoms with Gasteiger partial charge in [0.25, 0.3) is 0 Å². The summed E-state index contributed by atoms with van der Waals surface area (Å²) in [6, 6.07) is 31.0. The molecule has 2 N–H and O–H groups in total. The van der Waals surface area contributed by atoms with Gasteiger partial charge in [-0.25, -0.2) is 9.59 Å². The molecule has 4 aromatic rings. The number of carbonyl (C=O) groups excluding carboxylic acids is 2. The number of halogens is 1. The van der Waals surface area contributed by atoms with E-state index in [2.05, 4.69) is 5.32 Å². The van der Waals surface area contributed by atoms with Crippen LogP contribution in [0.15, 0.2) is 103 Å². The highest BCUT2D eigenvalue weighted by molar-refractivity contribution is 6.30. The highest BCUT2D eigenvalue weighted by Gasteiger charge is 2.44. The van der Waals surface area contributed by atoms with Crippen molar-refractivity contribution in [2.75, 3.05) is 6.54 Å². The first-order chi connectivity index (χ1) is 21.4. The number of esters is 2. The normalized spacial score (nSPS) is 16.9. The molecule has 9 heteroatoms. The van der Waals surface area contributed by atoms with Gasteiger partial charge in [-0.15, -0.1) is 0 Å². The van der Waals surface area contributed by atoms with Gasteiger partial charge in [-0.05, 0) is 59.9 Å². The molecule has 8 nitrogen and oxygen atoms in total. The summed E-state index contributed by atoms with van der Waals surface area (Å²) in [6.07, 6.45) is -2.83. The maximum absolute atomic E-state index is 13.2. The largest absolute Gasteiger partial charge is 0.470 e. The number of benzene rings is 4. The summed E-state index contributed by atoms with van der Waals surface area (Å²) >= 11 is 6.05. The average Bonchev–Trinajstić information content (AvgIpc) is 3.05. The number of aliphatic hydroxyl groups is 1. The zero-order chi connectivity index (χ0) is 30.9. The second kappa shape index (κ2) is 14.9. The molecule has 0 bridgehead atoms. The van der Waals surface area contributed by atoms with Gasteiger partial charge in [0.2, 0.25) is 12.2 Å². The van der Waals surface area contributed by atoms with Gasteiger partial charge in [0.1, 0.15) is 13.2 Å². The summed E-state index contributed by atoms with van der Waals surface area (Å²) in [5.41, 5.74) is 3.24. The molecule has 0 radical (unpaired) electrons. The number of aliphatic hydroxyl groups excluding tert-OH is 1. The quantitative estimate of drug-likeness (QED) is 0.199. The third-order valence-corrected chi connectivity index (χ3v) is 7.37. The smallest absolute Gasteiger partial charge is 0.352 e. The molecule has 0 aromatic heterocycles. The zero-order valence-corrected chi connectivity index (χ0v) is 25.0. The van der Waals surface area contributed by atoms with Crippen LogP contribution in [-0.2, 0) is 38.7 Å². The SMILES string of the molecule is CC(Cc1ccc2c(c1)OC(C(=O)OCc1ccccc1)C(C(=O)OCc1ccccc1)O2)NCC(O)c1cccc(Cl)c1. The molecule has 1 aliphatic heterocycles. The van der Waals surface area contributed by atoms with E-state index >= 15 is 0 Å². The van der Waals surface area contributed by atoms with E-state index in [0.717, 1.165) is 22.3 Å². The van der Waals surface area contributed by atoms with Crippen molar-refractivity contribution in [1.82, 2.24) is 5.32 Å². The van der Waals surface area contributed by atoms with Crippen LogP contribution in [0.5, 0.6) is 11.5 Å². The monoisotopic (exact) mass is 615 g/mol. The summed E-state index contributed by atoms with van der Waals surface area (Å²) in [4.78, 5) is 26.4. The third-order valence-electron chi connectivity index (χ3n) is 7.14. The average molecular weight is 616 g/mol. The van der Waals surface area contributed by atoms with Crippen molar-refractivity contribution >= 4 is 23.5 Å². The van der Waals surface area contributed by atoms with Crippen LogP contribution < -0.4 is 14.8 Å². The van der Waals surface area contributed by atoms with Gasteiger partial charge < -0.3 is 29.4 Å². The lowest BCUT2D eigenvalue weighted by Gasteiger charge is -2.31. The van der Waals surface area contributed by atoms with Gasteiger partial charge in [-0.3, -0.25) is 0 Å². The lowest BCUT2D eigenvalue weighted by Crippen LogP contribution is -2.51. The van der Waals surface area contributed by atoms with Gasteiger partial charge in [-0.1, -0.05) is 90.5 Å². The van der Waals surface area contributed by atoms with E-state index in [9.17, 15) is 14.7 Å². The standard InChI is InChI=1S/C35H34ClNO7/c1-23(37-20-29(38)27-13-8-14-28(36)19-27)17-26-15-16-30-31(18-26)44-33(35(40)42-22-25-11-6-3-7-12-25)32(43-30)34(39)41-21-24-9-4-2-5-10-24/h2-16,18-19,23,29,32-33,37-38H,17,20-22H2,1H3. The number of nitrogens with one attached hydrogen (secondary N) is 1. The highest BCUT2D eigenvalue weighted by atomic mass is 35.5. The highest BCUT2D eigenvalue weighted by Crippen LogP contribution is 2.36. The molecular weight excluding hydrogens is 582 g/mol. The Labute approximate surface area is 261 Å². The van der Waals surface area contributed by atoms with Crippen LogP contribution in [0.25, 0.3) is 0 Å². The van der Waals surface area contributed by atoms with Crippen LogP contribution >= 0.6 is 11.6 Å². The maximum Gasteiger partial charge on any atom is 0.352 e. The lowest BCUT2D eigenvalue weighted by molar-refractivity contribution is -0.173. The van der Waals surface area contributed by atoms with Crippen molar-refractivity contribution in [2.45, 2.75) is 50.9 Å². The fraction of sp³-hybridized carbons (Fsp3) is 0.257. The van der Waals surface area contributed by atoms with Crippen molar-refractivity contribution in [3.8, 4) is 11.5 Å². The van der Waals surface area contributed by atoms with Crippen molar-refractivity contribution < 1.29 is 33.6 Å². The van der Waals surface area contributed by atoms with E-state index in [0.29, 0.717) is 29.5 Å². The van der Waals surface area contributed by atoms with Gasteiger partial charge in [0.05, 0.1) is 6.10 Å². The molecule has 4 unspecified atom stereocenters. The van der Waals surface area contributed by atoms with Crippen LogP contribution in [0, 0.1) is 0 Å². The van der Waals surface area contributed by atoms with E-state index in [1.807, 2.05) is 79.7 Å². The van der Waals surface area contributed by atoms with Crippen LogP contribution in [0.2, 0.25) is 5.02 Å². The number of fused-ring (bicyclic) bond motifs is 1. The minimum atomic E-state index is -1.37.